The Morgan fingerprint density at radius 2 is 2.08 bits per heavy atom. The van der Waals surface area contributed by atoms with Crippen LogP contribution >= 0.6 is 0 Å². The highest BCUT2D eigenvalue weighted by Crippen LogP contribution is 2.31. The zero-order chi connectivity index (χ0) is 17.4. The SMILES string of the molecule is CC(C)n1ncc2cc(NC(=O)[C@H]3COc4ccccc4O3)cnc21. The summed E-state index contributed by atoms with van der Waals surface area (Å²) in [5.41, 5.74) is 1.39. The van der Waals surface area contributed by atoms with E-state index in [2.05, 4.69) is 15.4 Å². The van der Waals surface area contributed by atoms with E-state index in [1.54, 1.807) is 18.5 Å². The summed E-state index contributed by atoms with van der Waals surface area (Å²) in [5, 5.41) is 8.03. The van der Waals surface area contributed by atoms with E-state index in [0.717, 1.165) is 11.0 Å². The summed E-state index contributed by atoms with van der Waals surface area (Å²) >= 11 is 0. The highest BCUT2D eigenvalue weighted by Gasteiger charge is 2.27. The molecule has 1 amide bonds. The van der Waals surface area contributed by atoms with Crippen LogP contribution in [-0.2, 0) is 4.79 Å². The van der Waals surface area contributed by atoms with Crippen molar-refractivity contribution in [2.24, 2.45) is 0 Å². The second-order valence-electron chi connectivity index (χ2n) is 6.17. The number of nitrogens with zero attached hydrogens (tertiary/aromatic N) is 3. The molecule has 1 N–H and O–H groups in total. The number of ether oxygens (including phenoxy) is 2. The summed E-state index contributed by atoms with van der Waals surface area (Å²) in [6.07, 6.45) is 2.66. The van der Waals surface area contributed by atoms with Crippen LogP contribution in [0.3, 0.4) is 0 Å². The smallest absolute Gasteiger partial charge is 0.269 e. The van der Waals surface area contributed by atoms with Crippen molar-refractivity contribution >= 4 is 22.6 Å². The van der Waals surface area contributed by atoms with Gasteiger partial charge in [0, 0.05) is 11.4 Å². The molecule has 1 aromatic carbocycles. The number of hydrogen-bond acceptors (Lipinski definition) is 5. The van der Waals surface area contributed by atoms with Crippen molar-refractivity contribution in [3.63, 3.8) is 0 Å². The maximum Gasteiger partial charge on any atom is 0.269 e. The normalized spacial score (nSPS) is 16.2. The van der Waals surface area contributed by atoms with Gasteiger partial charge in [0.2, 0.25) is 6.10 Å². The largest absolute Gasteiger partial charge is 0.485 e. The van der Waals surface area contributed by atoms with Crippen LogP contribution in [0.2, 0.25) is 0 Å². The zero-order valence-corrected chi connectivity index (χ0v) is 14.0. The van der Waals surface area contributed by atoms with Gasteiger partial charge in [0.1, 0.15) is 6.61 Å². The first-order valence-electron chi connectivity index (χ1n) is 8.14. The number of nitrogens with one attached hydrogen (secondary N) is 1. The van der Waals surface area contributed by atoms with E-state index in [0.29, 0.717) is 17.2 Å². The number of fused-ring (bicyclic) bond motifs is 2. The number of pyridine rings is 1. The Balaban J connectivity index is 1.50. The quantitative estimate of drug-likeness (QED) is 0.794. The highest BCUT2D eigenvalue weighted by atomic mass is 16.6. The van der Waals surface area contributed by atoms with Gasteiger partial charge in [0.25, 0.3) is 5.91 Å². The number of aromatic nitrogens is 3. The molecule has 0 radical (unpaired) electrons. The van der Waals surface area contributed by atoms with Crippen molar-refractivity contribution in [3.8, 4) is 11.5 Å². The lowest BCUT2D eigenvalue weighted by Gasteiger charge is -2.25. The summed E-state index contributed by atoms with van der Waals surface area (Å²) in [4.78, 5) is 16.9. The highest BCUT2D eigenvalue weighted by molar-refractivity contribution is 5.96. The molecule has 1 atom stereocenters. The molecular formula is C18H18N4O3. The van der Waals surface area contributed by atoms with Crippen LogP contribution in [0.1, 0.15) is 19.9 Å². The third kappa shape index (κ3) is 2.88. The van der Waals surface area contributed by atoms with Gasteiger partial charge in [0.05, 0.1) is 18.1 Å². The van der Waals surface area contributed by atoms with Gasteiger partial charge >= 0.3 is 0 Å². The fourth-order valence-electron chi connectivity index (χ4n) is 2.76. The van der Waals surface area contributed by atoms with E-state index in [1.807, 2.05) is 42.8 Å². The summed E-state index contributed by atoms with van der Waals surface area (Å²) < 4.78 is 13.1. The summed E-state index contributed by atoms with van der Waals surface area (Å²) in [6.45, 7) is 4.26. The van der Waals surface area contributed by atoms with Crippen LogP contribution in [0.15, 0.2) is 42.7 Å². The molecule has 7 nitrogen and oxygen atoms in total. The predicted octanol–water partition coefficient (Wildman–Crippen LogP) is 2.79. The minimum absolute atomic E-state index is 0.170. The van der Waals surface area contributed by atoms with Gasteiger partial charge in [-0.2, -0.15) is 5.10 Å². The van der Waals surface area contributed by atoms with Crippen molar-refractivity contribution in [2.45, 2.75) is 26.0 Å². The maximum absolute atomic E-state index is 12.5. The van der Waals surface area contributed by atoms with Gasteiger partial charge < -0.3 is 14.8 Å². The zero-order valence-electron chi connectivity index (χ0n) is 14.0. The van der Waals surface area contributed by atoms with Crippen LogP contribution in [0.25, 0.3) is 11.0 Å². The van der Waals surface area contributed by atoms with Gasteiger partial charge in [-0.3, -0.25) is 4.79 Å². The fourth-order valence-corrected chi connectivity index (χ4v) is 2.76. The van der Waals surface area contributed by atoms with Crippen molar-refractivity contribution in [1.82, 2.24) is 14.8 Å². The standard InChI is InChI=1S/C18H18N4O3/c1-11(2)22-17-12(8-20-22)7-13(9-19-17)21-18(23)16-10-24-14-5-3-4-6-15(14)25-16/h3-9,11,16H,10H2,1-2H3,(H,21,23)/t16-/m1/s1. The van der Waals surface area contributed by atoms with Crippen LogP contribution in [-0.4, -0.2) is 33.4 Å². The lowest BCUT2D eigenvalue weighted by atomic mass is 10.2. The second kappa shape index (κ2) is 6.08. The van der Waals surface area contributed by atoms with Crippen LogP contribution in [0.5, 0.6) is 11.5 Å². The third-order valence-electron chi connectivity index (χ3n) is 3.99. The third-order valence-corrected chi connectivity index (χ3v) is 3.99. The van der Waals surface area contributed by atoms with Gasteiger partial charge in [-0.05, 0) is 32.0 Å². The molecule has 128 valence electrons. The number of amides is 1. The number of carbonyl (C=O) groups excluding carboxylic acids is 1. The Labute approximate surface area is 144 Å². The monoisotopic (exact) mass is 338 g/mol. The first-order valence-corrected chi connectivity index (χ1v) is 8.14. The van der Waals surface area contributed by atoms with Gasteiger partial charge in [0.15, 0.2) is 17.1 Å². The molecule has 3 heterocycles. The maximum atomic E-state index is 12.5. The molecule has 0 fully saturated rings. The van der Waals surface area contributed by atoms with Crippen molar-refractivity contribution in [3.05, 3.63) is 42.7 Å². The number of anilines is 1. The molecular weight excluding hydrogens is 320 g/mol. The van der Waals surface area contributed by atoms with Gasteiger partial charge in [-0.1, -0.05) is 12.1 Å². The summed E-state index contributed by atoms with van der Waals surface area (Å²) in [5.74, 6) is 0.948. The minimum Gasteiger partial charge on any atom is -0.485 e. The Hall–Kier alpha value is -3.09. The molecule has 25 heavy (non-hydrogen) atoms. The second-order valence-corrected chi connectivity index (χ2v) is 6.17. The first-order chi connectivity index (χ1) is 12.1. The molecule has 0 saturated carbocycles. The van der Waals surface area contributed by atoms with Crippen molar-refractivity contribution in [1.29, 1.82) is 0 Å². The molecule has 1 aliphatic rings. The number of rotatable bonds is 3. The van der Waals surface area contributed by atoms with E-state index in [-0.39, 0.29) is 18.6 Å². The number of hydrogen-bond donors (Lipinski definition) is 1. The molecule has 3 aromatic rings. The average molecular weight is 338 g/mol. The molecule has 0 aliphatic carbocycles. The van der Waals surface area contributed by atoms with E-state index in [4.69, 9.17) is 9.47 Å². The fraction of sp³-hybridized carbons (Fsp3) is 0.278. The lowest BCUT2D eigenvalue weighted by molar-refractivity contribution is -0.125. The molecule has 1 aliphatic heterocycles. The first kappa shape index (κ1) is 15.4. The Bertz CT molecular complexity index is 935. The molecule has 0 unspecified atom stereocenters. The number of benzene rings is 1. The number of carbonyl (C=O) groups is 1. The van der Waals surface area contributed by atoms with Crippen molar-refractivity contribution < 1.29 is 14.3 Å². The Morgan fingerprint density at radius 1 is 1.28 bits per heavy atom. The average Bonchev–Trinajstić information content (AvgIpc) is 3.04. The van der Waals surface area contributed by atoms with E-state index in [1.165, 1.54) is 0 Å². The molecule has 4 rings (SSSR count). The summed E-state index contributed by atoms with van der Waals surface area (Å²) in [6, 6.07) is 9.37. The van der Waals surface area contributed by atoms with Crippen molar-refractivity contribution in [2.75, 3.05) is 11.9 Å². The van der Waals surface area contributed by atoms with Crippen LogP contribution in [0.4, 0.5) is 5.69 Å². The summed E-state index contributed by atoms with van der Waals surface area (Å²) in [7, 11) is 0. The molecule has 2 aromatic heterocycles. The van der Waals surface area contributed by atoms with Gasteiger partial charge in [-0.25, -0.2) is 9.67 Å². The van der Waals surface area contributed by atoms with E-state index >= 15 is 0 Å². The lowest BCUT2D eigenvalue weighted by Crippen LogP contribution is -2.40. The molecule has 0 saturated heterocycles. The van der Waals surface area contributed by atoms with Gasteiger partial charge in [-0.15, -0.1) is 0 Å². The minimum atomic E-state index is -0.705. The Kier molecular flexibility index (Phi) is 3.76. The van der Waals surface area contributed by atoms with E-state index in [9.17, 15) is 4.79 Å². The van der Waals surface area contributed by atoms with E-state index < -0.39 is 6.10 Å². The van der Waals surface area contributed by atoms with Crippen LogP contribution < -0.4 is 14.8 Å². The topological polar surface area (TPSA) is 78.3 Å². The molecule has 0 spiro atoms. The molecule has 0 bridgehead atoms. The van der Waals surface area contributed by atoms with Crippen LogP contribution in [0, 0.1) is 0 Å². The predicted molar refractivity (Wildman–Crippen MR) is 92.9 cm³/mol. The Morgan fingerprint density at radius 3 is 2.88 bits per heavy atom. The number of para-hydroxylation sites is 2. The molecule has 7 heteroatoms.